The van der Waals surface area contributed by atoms with Crippen LogP contribution in [0.3, 0.4) is 0 Å². The number of nitrogens with one attached hydrogen (secondary N) is 3. The SMILES string of the molecule is CCNCCNc1cc(Cl)cnc1COc1cccc2c1cnn2S(=O)(=O)Nc1ncc(Cl)s1. The maximum absolute atomic E-state index is 12.8. The molecule has 34 heavy (non-hydrogen) atoms. The minimum atomic E-state index is -4.05. The summed E-state index contributed by atoms with van der Waals surface area (Å²) in [5.41, 5.74) is 1.78. The maximum Gasteiger partial charge on any atom is 0.345 e. The number of anilines is 2. The minimum Gasteiger partial charge on any atom is -0.486 e. The van der Waals surface area contributed by atoms with Gasteiger partial charge in [-0.05, 0) is 24.7 Å². The van der Waals surface area contributed by atoms with Crippen LogP contribution in [0.5, 0.6) is 5.75 Å². The van der Waals surface area contributed by atoms with Crippen molar-refractivity contribution in [1.29, 1.82) is 0 Å². The van der Waals surface area contributed by atoms with Crippen LogP contribution < -0.4 is 20.1 Å². The van der Waals surface area contributed by atoms with Gasteiger partial charge in [-0.3, -0.25) is 4.98 Å². The molecule has 0 bridgehead atoms. The Balaban J connectivity index is 1.54. The number of nitrogens with zero attached hydrogens (tertiary/aromatic N) is 4. The fraction of sp³-hybridized carbons (Fsp3) is 0.250. The van der Waals surface area contributed by atoms with Gasteiger partial charge in [-0.1, -0.05) is 47.5 Å². The molecule has 4 aromatic rings. The summed E-state index contributed by atoms with van der Waals surface area (Å²) in [5.74, 6) is 0.464. The zero-order chi connectivity index (χ0) is 24.1. The molecule has 10 nitrogen and oxygen atoms in total. The second-order valence-corrected chi connectivity index (χ2v) is 10.6. The Morgan fingerprint density at radius 1 is 1.15 bits per heavy atom. The lowest BCUT2D eigenvalue weighted by Crippen LogP contribution is -2.22. The summed E-state index contributed by atoms with van der Waals surface area (Å²) in [5, 5.41) is 11.8. The van der Waals surface area contributed by atoms with Crippen LogP contribution in [0.4, 0.5) is 10.8 Å². The zero-order valence-electron chi connectivity index (χ0n) is 18.0. The molecule has 0 spiro atoms. The van der Waals surface area contributed by atoms with E-state index in [4.69, 9.17) is 27.9 Å². The lowest BCUT2D eigenvalue weighted by molar-refractivity contribution is 0.306. The Labute approximate surface area is 210 Å². The van der Waals surface area contributed by atoms with E-state index in [0.29, 0.717) is 38.3 Å². The van der Waals surface area contributed by atoms with E-state index in [2.05, 4.69) is 30.4 Å². The molecule has 0 fully saturated rings. The number of likely N-dealkylation sites (N-methyl/N-ethyl adjacent to an activating group) is 1. The molecule has 3 N–H and O–H groups in total. The maximum atomic E-state index is 12.8. The first-order valence-electron chi connectivity index (χ1n) is 10.2. The van der Waals surface area contributed by atoms with Crippen LogP contribution in [-0.4, -0.2) is 47.2 Å². The summed E-state index contributed by atoms with van der Waals surface area (Å²) in [4.78, 5) is 8.30. The highest BCUT2D eigenvalue weighted by Crippen LogP contribution is 2.29. The third kappa shape index (κ3) is 5.70. The molecule has 0 unspecified atom stereocenters. The number of hydrogen-bond donors (Lipinski definition) is 3. The van der Waals surface area contributed by atoms with Crippen molar-refractivity contribution in [2.75, 3.05) is 29.7 Å². The third-order valence-corrected chi connectivity index (χ3v) is 7.19. The van der Waals surface area contributed by atoms with Crippen LogP contribution in [0, 0.1) is 0 Å². The van der Waals surface area contributed by atoms with E-state index < -0.39 is 10.2 Å². The minimum absolute atomic E-state index is 0.143. The molecule has 0 atom stereocenters. The predicted molar refractivity (Wildman–Crippen MR) is 135 cm³/mol. The van der Waals surface area contributed by atoms with E-state index in [-0.39, 0.29) is 11.7 Å². The summed E-state index contributed by atoms with van der Waals surface area (Å²) in [6.07, 6.45) is 4.35. The van der Waals surface area contributed by atoms with Crippen LogP contribution in [0.2, 0.25) is 9.36 Å². The number of benzene rings is 1. The number of pyridine rings is 1. The van der Waals surface area contributed by atoms with Gasteiger partial charge in [-0.15, -0.1) is 4.09 Å². The molecule has 0 aliphatic heterocycles. The van der Waals surface area contributed by atoms with Crippen molar-refractivity contribution in [1.82, 2.24) is 24.5 Å². The van der Waals surface area contributed by atoms with Gasteiger partial charge in [-0.25, -0.2) is 9.71 Å². The highest BCUT2D eigenvalue weighted by atomic mass is 35.5. The lowest BCUT2D eigenvalue weighted by Gasteiger charge is -2.13. The predicted octanol–water partition coefficient (Wildman–Crippen LogP) is 4.00. The normalized spacial score (nSPS) is 11.6. The molecule has 0 aliphatic rings. The highest BCUT2D eigenvalue weighted by Gasteiger charge is 2.20. The van der Waals surface area contributed by atoms with Crippen molar-refractivity contribution in [2.24, 2.45) is 0 Å². The molecular weight excluding hydrogens is 521 g/mol. The van der Waals surface area contributed by atoms with Gasteiger partial charge >= 0.3 is 10.2 Å². The van der Waals surface area contributed by atoms with Crippen LogP contribution in [0.1, 0.15) is 12.6 Å². The molecule has 3 aromatic heterocycles. The van der Waals surface area contributed by atoms with Crippen LogP contribution in [0.15, 0.2) is 42.9 Å². The van der Waals surface area contributed by atoms with Crippen LogP contribution in [-0.2, 0) is 16.8 Å². The summed E-state index contributed by atoms with van der Waals surface area (Å²) in [7, 11) is -4.05. The van der Waals surface area contributed by atoms with Gasteiger partial charge in [0.2, 0.25) is 0 Å². The lowest BCUT2D eigenvalue weighted by atomic mass is 10.2. The smallest absolute Gasteiger partial charge is 0.345 e. The van der Waals surface area contributed by atoms with Crippen molar-refractivity contribution in [2.45, 2.75) is 13.5 Å². The number of fused-ring (bicyclic) bond motifs is 1. The van der Waals surface area contributed by atoms with Crippen LogP contribution in [0.25, 0.3) is 10.9 Å². The third-order valence-electron chi connectivity index (χ3n) is 4.63. The van der Waals surface area contributed by atoms with E-state index in [1.165, 1.54) is 12.4 Å². The summed E-state index contributed by atoms with van der Waals surface area (Å²) in [6, 6.07) is 6.86. The molecule has 0 saturated heterocycles. The molecule has 3 heterocycles. The van der Waals surface area contributed by atoms with E-state index in [0.717, 1.165) is 34.2 Å². The van der Waals surface area contributed by atoms with Crippen molar-refractivity contribution < 1.29 is 13.2 Å². The van der Waals surface area contributed by atoms with Gasteiger partial charge in [0.15, 0.2) is 5.13 Å². The van der Waals surface area contributed by atoms with Crippen molar-refractivity contribution >= 4 is 66.5 Å². The number of aromatic nitrogens is 4. The molecule has 4 rings (SSSR count). The van der Waals surface area contributed by atoms with Crippen molar-refractivity contribution in [3.05, 3.63) is 57.9 Å². The number of halogens is 2. The van der Waals surface area contributed by atoms with E-state index >= 15 is 0 Å². The summed E-state index contributed by atoms with van der Waals surface area (Å²) >= 11 is 13.0. The van der Waals surface area contributed by atoms with Gasteiger partial charge in [0, 0.05) is 19.3 Å². The number of rotatable bonds is 11. The standard InChI is InChI=1S/C20H21Cl2N7O3S2/c1-2-23-6-7-24-15-8-13(21)9-25-16(15)12-32-18-5-3-4-17-14(18)10-27-29(17)34(30,31)28-20-26-11-19(22)33-20/h3-5,8-11,23-24H,2,6-7,12H2,1H3,(H,26,28). The Morgan fingerprint density at radius 3 is 2.76 bits per heavy atom. The molecule has 180 valence electrons. The van der Waals surface area contributed by atoms with Crippen molar-refractivity contribution in [3.8, 4) is 5.75 Å². The molecule has 0 radical (unpaired) electrons. The number of thiazole rings is 1. The topological polar surface area (TPSA) is 123 Å². The highest BCUT2D eigenvalue weighted by molar-refractivity contribution is 7.91. The average molecular weight is 542 g/mol. The van der Waals surface area contributed by atoms with E-state index in [1.807, 2.05) is 6.92 Å². The molecule has 0 saturated carbocycles. The molecule has 0 aliphatic carbocycles. The van der Waals surface area contributed by atoms with E-state index in [9.17, 15) is 8.42 Å². The zero-order valence-corrected chi connectivity index (χ0v) is 21.1. The second-order valence-electron chi connectivity index (χ2n) is 6.97. The van der Waals surface area contributed by atoms with Crippen molar-refractivity contribution in [3.63, 3.8) is 0 Å². The molecular formula is C20H21Cl2N7O3S2. The monoisotopic (exact) mass is 541 g/mol. The Hall–Kier alpha value is -2.64. The first-order valence-corrected chi connectivity index (χ1v) is 13.2. The van der Waals surface area contributed by atoms with Crippen LogP contribution >= 0.6 is 34.5 Å². The first kappa shape index (κ1) is 24.5. The Kier molecular flexibility index (Phi) is 7.73. The fourth-order valence-electron chi connectivity index (χ4n) is 3.12. The number of ether oxygens (including phenoxy) is 1. The van der Waals surface area contributed by atoms with Gasteiger partial charge < -0.3 is 15.4 Å². The summed E-state index contributed by atoms with van der Waals surface area (Å²) < 4.78 is 35.3. The fourth-order valence-corrected chi connectivity index (χ4v) is 5.37. The quantitative estimate of drug-likeness (QED) is 0.243. The average Bonchev–Trinajstić information content (AvgIpc) is 3.42. The van der Waals surface area contributed by atoms with Gasteiger partial charge in [0.1, 0.15) is 22.4 Å². The summed E-state index contributed by atoms with van der Waals surface area (Å²) in [6.45, 7) is 4.55. The molecule has 0 amide bonds. The largest absolute Gasteiger partial charge is 0.486 e. The second kappa shape index (κ2) is 10.7. The molecule has 14 heteroatoms. The van der Waals surface area contributed by atoms with Gasteiger partial charge in [-0.2, -0.15) is 13.5 Å². The Bertz CT molecular complexity index is 1390. The van der Waals surface area contributed by atoms with Gasteiger partial charge in [0.05, 0.1) is 34.0 Å². The number of hydrogen-bond acceptors (Lipinski definition) is 9. The first-order chi connectivity index (χ1) is 16.4. The Morgan fingerprint density at radius 2 is 2.00 bits per heavy atom. The van der Waals surface area contributed by atoms with Gasteiger partial charge in [0.25, 0.3) is 0 Å². The molecule has 1 aromatic carbocycles. The van der Waals surface area contributed by atoms with E-state index in [1.54, 1.807) is 30.5 Å².